The Labute approximate surface area is 133 Å². The zero-order chi connectivity index (χ0) is 13.2. The van der Waals surface area contributed by atoms with Crippen LogP contribution in [0.15, 0.2) is 60.9 Å². The van der Waals surface area contributed by atoms with Gasteiger partial charge in [0.2, 0.25) is 5.69 Å². The summed E-state index contributed by atoms with van der Waals surface area (Å²) in [6, 6.07) is 15.8. The van der Waals surface area contributed by atoms with Crippen molar-refractivity contribution in [3.05, 3.63) is 65.9 Å². The number of halogens is 2. The van der Waals surface area contributed by atoms with Crippen LogP contribution in [-0.4, -0.2) is 7.11 Å². The predicted octanol–water partition coefficient (Wildman–Crippen LogP) is 0.782. The lowest BCUT2D eigenvalue weighted by Gasteiger charge is -2.04. The van der Waals surface area contributed by atoms with E-state index in [9.17, 15) is 0 Å². The van der Waals surface area contributed by atoms with Gasteiger partial charge in [-0.2, -0.15) is 4.57 Å². The Kier molecular flexibility index (Phi) is 4.63. The van der Waals surface area contributed by atoms with E-state index in [4.69, 9.17) is 16.3 Å². The molecular formula is C16H13BrClNO. The lowest BCUT2D eigenvalue weighted by atomic mass is 10.1. The Balaban J connectivity index is 0.00000147. The Morgan fingerprint density at radius 2 is 1.80 bits per heavy atom. The SMILES string of the molecule is COc1cccc2cc[n+](-c3ccccc3Cl)cc12.[Br-]. The Morgan fingerprint density at radius 3 is 2.55 bits per heavy atom. The first-order chi connectivity index (χ1) is 9.29. The third-order valence-corrected chi connectivity index (χ3v) is 3.45. The number of para-hydroxylation sites is 1. The second-order valence-corrected chi connectivity index (χ2v) is 4.67. The van der Waals surface area contributed by atoms with Crippen LogP contribution in [0.25, 0.3) is 16.5 Å². The van der Waals surface area contributed by atoms with Crippen LogP contribution in [-0.2, 0) is 0 Å². The van der Waals surface area contributed by atoms with Crippen molar-refractivity contribution in [1.82, 2.24) is 0 Å². The molecule has 2 aromatic carbocycles. The molecule has 0 amide bonds. The first-order valence-electron chi connectivity index (χ1n) is 6.02. The molecular weight excluding hydrogens is 338 g/mol. The summed E-state index contributed by atoms with van der Waals surface area (Å²) < 4.78 is 7.41. The third kappa shape index (κ3) is 2.65. The molecule has 4 heteroatoms. The highest BCUT2D eigenvalue weighted by atomic mass is 79.9. The van der Waals surface area contributed by atoms with Gasteiger partial charge in [0.25, 0.3) is 0 Å². The summed E-state index contributed by atoms with van der Waals surface area (Å²) in [6.07, 6.45) is 4.04. The number of aromatic nitrogens is 1. The topological polar surface area (TPSA) is 13.1 Å². The summed E-state index contributed by atoms with van der Waals surface area (Å²) in [5, 5.41) is 2.93. The summed E-state index contributed by atoms with van der Waals surface area (Å²) in [4.78, 5) is 0. The van der Waals surface area contributed by atoms with Crippen molar-refractivity contribution < 1.29 is 26.3 Å². The molecule has 0 fully saturated rings. The number of benzene rings is 2. The summed E-state index contributed by atoms with van der Waals surface area (Å²) in [7, 11) is 1.68. The lowest BCUT2D eigenvalue weighted by Crippen LogP contribution is -3.00. The molecule has 0 aliphatic rings. The fraction of sp³-hybridized carbons (Fsp3) is 0.0625. The van der Waals surface area contributed by atoms with Gasteiger partial charge in [0.15, 0.2) is 12.4 Å². The van der Waals surface area contributed by atoms with Crippen molar-refractivity contribution in [2.24, 2.45) is 0 Å². The number of hydrogen-bond acceptors (Lipinski definition) is 1. The lowest BCUT2D eigenvalue weighted by molar-refractivity contribution is -0.594. The van der Waals surface area contributed by atoms with Crippen molar-refractivity contribution in [2.45, 2.75) is 0 Å². The van der Waals surface area contributed by atoms with E-state index in [2.05, 4.69) is 12.1 Å². The minimum Gasteiger partial charge on any atom is -1.00 e. The van der Waals surface area contributed by atoms with Gasteiger partial charge >= 0.3 is 0 Å². The number of nitrogens with zero attached hydrogens (tertiary/aromatic N) is 1. The van der Waals surface area contributed by atoms with E-state index in [1.54, 1.807) is 7.11 Å². The number of methoxy groups -OCH3 is 1. The van der Waals surface area contributed by atoms with Crippen molar-refractivity contribution in [1.29, 1.82) is 0 Å². The molecule has 0 N–H and O–H groups in total. The van der Waals surface area contributed by atoms with Crippen LogP contribution in [0, 0.1) is 0 Å². The van der Waals surface area contributed by atoms with Gasteiger partial charge < -0.3 is 21.7 Å². The molecule has 20 heavy (non-hydrogen) atoms. The third-order valence-electron chi connectivity index (χ3n) is 3.13. The highest BCUT2D eigenvalue weighted by Gasteiger charge is 2.12. The normalized spacial score (nSPS) is 10.1. The van der Waals surface area contributed by atoms with Gasteiger partial charge in [0.1, 0.15) is 10.8 Å². The molecule has 0 bridgehead atoms. The molecule has 0 radical (unpaired) electrons. The maximum Gasteiger partial charge on any atom is 0.229 e. The van der Waals surface area contributed by atoms with E-state index in [0.29, 0.717) is 0 Å². The zero-order valence-electron chi connectivity index (χ0n) is 10.9. The smallest absolute Gasteiger partial charge is 0.229 e. The maximum atomic E-state index is 6.23. The molecule has 1 aromatic heterocycles. The van der Waals surface area contributed by atoms with Crippen molar-refractivity contribution in [3.63, 3.8) is 0 Å². The monoisotopic (exact) mass is 349 g/mol. The average molecular weight is 351 g/mol. The van der Waals surface area contributed by atoms with Gasteiger partial charge in [-0.25, -0.2) is 0 Å². The van der Waals surface area contributed by atoms with Gasteiger partial charge in [0.05, 0.1) is 12.5 Å². The fourth-order valence-corrected chi connectivity index (χ4v) is 2.41. The van der Waals surface area contributed by atoms with Crippen LogP contribution in [0.3, 0.4) is 0 Å². The quantitative estimate of drug-likeness (QED) is 0.623. The molecule has 3 rings (SSSR count). The Morgan fingerprint density at radius 1 is 1.00 bits per heavy atom. The number of ether oxygens (including phenoxy) is 1. The average Bonchev–Trinajstić information content (AvgIpc) is 2.46. The molecule has 2 nitrogen and oxygen atoms in total. The highest BCUT2D eigenvalue weighted by Crippen LogP contribution is 2.24. The fourth-order valence-electron chi connectivity index (χ4n) is 2.18. The predicted molar refractivity (Wildman–Crippen MR) is 77.0 cm³/mol. The van der Waals surface area contributed by atoms with E-state index in [0.717, 1.165) is 27.2 Å². The van der Waals surface area contributed by atoms with Gasteiger partial charge in [-0.3, -0.25) is 0 Å². The molecule has 0 unspecified atom stereocenters. The van der Waals surface area contributed by atoms with E-state index in [1.165, 1.54) is 0 Å². The molecule has 0 saturated carbocycles. The molecule has 0 aliphatic heterocycles. The molecule has 0 saturated heterocycles. The summed E-state index contributed by atoms with van der Waals surface area (Å²) >= 11 is 6.23. The van der Waals surface area contributed by atoms with Crippen LogP contribution in [0.4, 0.5) is 0 Å². The Hall–Kier alpha value is -1.58. The van der Waals surface area contributed by atoms with Crippen molar-refractivity contribution in [2.75, 3.05) is 7.11 Å². The number of fused-ring (bicyclic) bond motifs is 1. The Bertz CT molecular complexity index is 745. The van der Waals surface area contributed by atoms with Crippen molar-refractivity contribution in [3.8, 4) is 11.4 Å². The summed E-state index contributed by atoms with van der Waals surface area (Å²) in [5.74, 6) is 0.860. The zero-order valence-corrected chi connectivity index (χ0v) is 13.2. The number of rotatable bonds is 2. The minimum absolute atomic E-state index is 0. The summed E-state index contributed by atoms with van der Waals surface area (Å²) in [6.45, 7) is 0. The molecule has 0 spiro atoms. The minimum atomic E-state index is 0. The largest absolute Gasteiger partial charge is 1.00 e. The van der Waals surface area contributed by atoms with E-state index in [1.807, 2.05) is 53.4 Å². The van der Waals surface area contributed by atoms with Gasteiger partial charge in [-0.15, -0.1) is 0 Å². The van der Waals surface area contributed by atoms with Crippen molar-refractivity contribution >= 4 is 22.4 Å². The van der Waals surface area contributed by atoms with Gasteiger partial charge in [0, 0.05) is 12.1 Å². The second kappa shape index (κ2) is 6.25. The van der Waals surface area contributed by atoms with E-state index < -0.39 is 0 Å². The molecule has 0 aliphatic carbocycles. The van der Waals surface area contributed by atoms with Crippen LogP contribution in [0.1, 0.15) is 0 Å². The first-order valence-corrected chi connectivity index (χ1v) is 6.40. The molecule has 0 atom stereocenters. The summed E-state index contributed by atoms with van der Waals surface area (Å²) in [5.41, 5.74) is 0.956. The van der Waals surface area contributed by atoms with Gasteiger partial charge in [-0.1, -0.05) is 35.9 Å². The maximum absolute atomic E-state index is 6.23. The van der Waals surface area contributed by atoms with E-state index in [-0.39, 0.29) is 17.0 Å². The molecule has 3 aromatic rings. The highest BCUT2D eigenvalue weighted by molar-refractivity contribution is 6.32. The standard InChI is InChI=1S/C16H13ClNO.BrH/c1-19-16-8-4-5-12-9-10-18(11-13(12)16)15-7-3-2-6-14(15)17;/h2-11H,1H3;1H/q+1;/p-1. The molecule has 1 heterocycles. The van der Waals surface area contributed by atoms with Crippen LogP contribution >= 0.6 is 11.6 Å². The van der Waals surface area contributed by atoms with Crippen LogP contribution < -0.4 is 26.3 Å². The van der Waals surface area contributed by atoms with E-state index >= 15 is 0 Å². The molecule has 102 valence electrons. The number of pyridine rings is 1. The second-order valence-electron chi connectivity index (χ2n) is 4.27. The van der Waals surface area contributed by atoms with Crippen LogP contribution in [0.2, 0.25) is 5.02 Å². The number of hydrogen-bond donors (Lipinski definition) is 0. The van der Waals surface area contributed by atoms with Crippen LogP contribution in [0.5, 0.6) is 5.75 Å². The first kappa shape index (κ1) is 14.8. The van der Waals surface area contributed by atoms with Gasteiger partial charge in [-0.05, 0) is 17.5 Å².